The topological polar surface area (TPSA) is 12.5 Å². The highest BCUT2D eigenvalue weighted by Gasteiger charge is 2.41. The summed E-state index contributed by atoms with van der Waals surface area (Å²) in [5.74, 6) is 1.91. The molecule has 3 rings (SSSR count). The van der Waals surface area contributed by atoms with Gasteiger partial charge in [-0.05, 0) is 62.3 Å². The first-order chi connectivity index (χ1) is 12.1. The maximum absolute atomic E-state index is 6.71. The molecule has 1 aliphatic heterocycles. The number of allylic oxidation sites excluding steroid dienone is 1. The molecule has 3 unspecified atom stereocenters. The van der Waals surface area contributed by atoms with Crippen LogP contribution in [-0.2, 0) is 10.3 Å². The fourth-order valence-electron chi connectivity index (χ4n) is 4.71. The van der Waals surface area contributed by atoms with Gasteiger partial charge in [0.1, 0.15) is 6.73 Å². The Morgan fingerprint density at radius 3 is 2.56 bits per heavy atom. The lowest BCUT2D eigenvalue weighted by Gasteiger charge is -2.45. The number of hydrogen-bond donors (Lipinski definition) is 0. The van der Waals surface area contributed by atoms with Crippen molar-refractivity contribution in [1.29, 1.82) is 0 Å². The van der Waals surface area contributed by atoms with Gasteiger partial charge in [0.05, 0.1) is 5.60 Å². The monoisotopic (exact) mass is 341 g/mol. The number of piperidine rings is 1. The van der Waals surface area contributed by atoms with Gasteiger partial charge < -0.3 is 4.74 Å². The smallest absolute Gasteiger partial charge is 0.100 e. The van der Waals surface area contributed by atoms with Gasteiger partial charge in [-0.2, -0.15) is 0 Å². The van der Waals surface area contributed by atoms with Crippen molar-refractivity contribution in [3.05, 3.63) is 48.6 Å². The lowest BCUT2D eigenvalue weighted by molar-refractivity contribution is -0.135. The normalized spacial score (nSPS) is 30.6. The minimum Gasteiger partial charge on any atom is -0.355 e. The Hall–Kier alpha value is -1.12. The zero-order valence-corrected chi connectivity index (χ0v) is 16.1. The number of rotatable bonds is 6. The maximum Gasteiger partial charge on any atom is 0.100 e. The maximum atomic E-state index is 6.71. The van der Waals surface area contributed by atoms with E-state index in [1.807, 2.05) is 0 Å². The second kappa shape index (κ2) is 8.51. The van der Waals surface area contributed by atoms with Gasteiger partial charge >= 0.3 is 0 Å². The van der Waals surface area contributed by atoms with Gasteiger partial charge in [0.15, 0.2) is 0 Å². The summed E-state index contributed by atoms with van der Waals surface area (Å²) in [4.78, 5) is 2.49. The van der Waals surface area contributed by atoms with E-state index >= 15 is 0 Å². The Labute approximate surface area is 154 Å². The fraction of sp³-hybridized carbons (Fsp3) is 0.652. The van der Waals surface area contributed by atoms with Crippen molar-refractivity contribution in [3.63, 3.8) is 0 Å². The van der Waals surface area contributed by atoms with Crippen LogP contribution in [0, 0.1) is 17.8 Å². The molecule has 1 aromatic carbocycles. The molecule has 1 heterocycles. The zero-order chi connectivity index (χ0) is 17.7. The van der Waals surface area contributed by atoms with E-state index < -0.39 is 0 Å². The predicted octanol–water partition coefficient (Wildman–Crippen LogP) is 5.60. The van der Waals surface area contributed by atoms with E-state index in [0.29, 0.717) is 11.8 Å². The number of likely N-dealkylation sites (tertiary alicyclic amines) is 1. The zero-order valence-electron chi connectivity index (χ0n) is 16.1. The minimum absolute atomic E-state index is 0.208. The molecule has 25 heavy (non-hydrogen) atoms. The lowest BCUT2D eigenvalue weighted by Crippen LogP contribution is -2.43. The molecule has 2 fully saturated rings. The van der Waals surface area contributed by atoms with Gasteiger partial charge in [0.25, 0.3) is 0 Å². The molecule has 0 aromatic heterocycles. The van der Waals surface area contributed by atoms with Crippen LogP contribution in [0.15, 0.2) is 43.0 Å². The molecule has 0 radical (unpaired) electrons. The van der Waals surface area contributed by atoms with Crippen LogP contribution in [0.4, 0.5) is 0 Å². The quantitative estimate of drug-likeness (QED) is 0.624. The van der Waals surface area contributed by atoms with E-state index in [1.165, 1.54) is 57.2 Å². The molecule has 4 atom stereocenters. The summed E-state index contributed by atoms with van der Waals surface area (Å²) < 4.78 is 6.71. The average Bonchev–Trinajstić information content (AvgIpc) is 2.68. The van der Waals surface area contributed by atoms with Crippen LogP contribution in [0.1, 0.15) is 57.9 Å². The van der Waals surface area contributed by atoms with Gasteiger partial charge in [-0.1, -0.05) is 49.8 Å². The summed E-state index contributed by atoms with van der Waals surface area (Å²) >= 11 is 0. The highest BCUT2D eigenvalue weighted by molar-refractivity contribution is 5.23. The summed E-state index contributed by atoms with van der Waals surface area (Å²) in [6, 6.07) is 10.9. The third-order valence-electron chi connectivity index (χ3n) is 6.68. The molecular formula is C23H35NO. The predicted molar refractivity (Wildman–Crippen MR) is 105 cm³/mol. The van der Waals surface area contributed by atoms with Crippen molar-refractivity contribution in [2.24, 2.45) is 17.8 Å². The minimum atomic E-state index is -0.208. The highest BCUT2D eigenvalue weighted by Crippen LogP contribution is 2.45. The Morgan fingerprint density at radius 2 is 1.88 bits per heavy atom. The lowest BCUT2D eigenvalue weighted by atomic mass is 9.67. The number of hydrogen-bond acceptors (Lipinski definition) is 2. The molecule has 1 aliphatic carbocycles. The summed E-state index contributed by atoms with van der Waals surface area (Å²) in [6.07, 6.45) is 9.88. The Morgan fingerprint density at radius 1 is 1.16 bits per heavy atom. The van der Waals surface area contributed by atoms with Crippen LogP contribution >= 0.6 is 0 Å². The number of nitrogens with zero attached hydrogens (tertiary/aromatic N) is 1. The summed E-state index contributed by atoms with van der Waals surface area (Å²) in [6.45, 7) is 11.9. The van der Waals surface area contributed by atoms with Crippen LogP contribution < -0.4 is 0 Å². The van der Waals surface area contributed by atoms with Crippen LogP contribution in [-0.4, -0.2) is 24.7 Å². The standard InChI is InChI=1S/C23H35NO/c1-4-20-17-22(14-13-19(20)2)23(3,21-11-7-5-8-12-21)25-18-24-15-9-6-10-16-24/h4-5,7-8,11-12,19-20,22H,1,6,9-10,13-18H2,2-3H3/t19?,20?,22?,23-/m0/s1. The molecule has 2 heteroatoms. The summed E-state index contributed by atoms with van der Waals surface area (Å²) in [5.41, 5.74) is 1.12. The van der Waals surface area contributed by atoms with Crippen LogP contribution in [0.5, 0.6) is 0 Å². The molecule has 0 spiro atoms. The van der Waals surface area contributed by atoms with E-state index in [-0.39, 0.29) is 5.60 Å². The van der Waals surface area contributed by atoms with Gasteiger partial charge in [-0.15, -0.1) is 6.58 Å². The van der Waals surface area contributed by atoms with Gasteiger partial charge in [0, 0.05) is 13.1 Å². The average molecular weight is 342 g/mol. The first-order valence-corrected chi connectivity index (χ1v) is 10.2. The van der Waals surface area contributed by atoms with Crippen LogP contribution in [0.25, 0.3) is 0 Å². The van der Waals surface area contributed by atoms with Gasteiger partial charge in [-0.3, -0.25) is 4.90 Å². The SMILES string of the molecule is C=CC1CC([C@@](C)(OCN2CCCCC2)c2ccccc2)CCC1C. The van der Waals surface area contributed by atoms with Gasteiger partial charge in [-0.25, -0.2) is 0 Å². The van der Waals surface area contributed by atoms with Crippen molar-refractivity contribution >= 4 is 0 Å². The molecule has 1 saturated heterocycles. The van der Waals surface area contributed by atoms with E-state index in [1.54, 1.807) is 0 Å². The third kappa shape index (κ3) is 4.35. The summed E-state index contributed by atoms with van der Waals surface area (Å²) in [7, 11) is 0. The van der Waals surface area contributed by atoms with Crippen LogP contribution in [0.3, 0.4) is 0 Å². The van der Waals surface area contributed by atoms with Crippen molar-refractivity contribution < 1.29 is 4.74 Å². The molecule has 0 N–H and O–H groups in total. The third-order valence-corrected chi connectivity index (χ3v) is 6.68. The molecule has 2 nitrogen and oxygen atoms in total. The van der Waals surface area contributed by atoms with E-state index in [2.05, 4.69) is 61.7 Å². The fourth-order valence-corrected chi connectivity index (χ4v) is 4.71. The molecule has 0 bridgehead atoms. The Balaban J connectivity index is 1.77. The molecule has 1 saturated carbocycles. The number of benzene rings is 1. The van der Waals surface area contributed by atoms with Crippen molar-refractivity contribution in [2.75, 3.05) is 19.8 Å². The second-order valence-electron chi connectivity index (χ2n) is 8.31. The molecule has 0 amide bonds. The summed E-state index contributed by atoms with van der Waals surface area (Å²) in [5, 5.41) is 0. The van der Waals surface area contributed by atoms with Gasteiger partial charge in [0.2, 0.25) is 0 Å². The number of ether oxygens (including phenoxy) is 1. The Bertz CT molecular complexity index is 536. The van der Waals surface area contributed by atoms with Crippen molar-refractivity contribution in [1.82, 2.24) is 4.90 Å². The van der Waals surface area contributed by atoms with E-state index in [9.17, 15) is 0 Å². The largest absolute Gasteiger partial charge is 0.355 e. The molecule has 1 aromatic rings. The first kappa shape index (κ1) is 18.7. The highest BCUT2D eigenvalue weighted by atomic mass is 16.5. The molecule has 2 aliphatic rings. The van der Waals surface area contributed by atoms with Crippen molar-refractivity contribution in [2.45, 2.75) is 58.0 Å². The first-order valence-electron chi connectivity index (χ1n) is 10.2. The second-order valence-corrected chi connectivity index (χ2v) is 8.31. The Kier molecular flexibility index (Phi) is 6.35. The molecule has 138 valence electrons. The van der Waals surface area contributed by atoms with Crippen LogP contribution in [0.2, 0.25) is 0 Å². The molecular weight excluding hydrogens is 306 g/mol. The van der Waals surface area contributed by atoms with Crippen molar-refractivity contribution in [3.8, 4) is 0 Å². The van der Waals surface area contributed by atoms with E-state index in [0.717, 1.165) is 12.6 Å². The van der Waals surface area contributed by atoms with E-state index in [4.69, 9.17) is 4.74 Å².